The normalized spacial score (nSPS) is 37.1. The molecule has 0 unspecified atom stereocenters. The van der Waals surface area contributed by atoms with E-state index in [4.69, 9.17) is 23.4 Å². The minimum atomic E-state index is -2.02. The maximum Gasteiger partial charge on any atom is 0.303 e. The third kappa shape index (κ3) is 3.87. The summed E-state index contributed by atoms with van der Waals surface area (Å²) in [6, 6.07) is 1.77. The third-order valence-electron chi connectivity index (χ3n) is 9.08. The molecule has 1 N–H and O–H groups in total. The Morgan fingerprint density at radius 3 is 2.03 bits per heavy atom. The van der Waals surface area contributed by atoms with E-state index in [1.54, 1.807) is 26.8 Å². The summed E-state index contributed by atoms with van der Waals surface area (Å²) in [4.78, 5) is 49.4. The average Bonchev–Trinajstić information content (AvgIpc) is 3.26. The van der Waals surface area contributed by atoms with Gasteiger partial charge in [-0.25, -0.2) is 0 Å². The van der Waals surface area contributed by atoms with Gasteiger partial charge in [0.1, 0.15) is 29.7 Å². The molecule has 2 fully saturated rings. The molecule has 3 aliphatic rings. The van der Waals surface area contributed by atoms with Crippen LogP contribution in [0.1, 0.15) is 66.2 Å². The molecule has 0 saturated heterocycles. The lowest BCUT2D eigenvalue weighted by atomic mass is 9.39. The Hall–Kier alpha value is -3.14. The number of carbonyl (C=O) groups is 4. The van der Waals surface area contributed by atoms with Gasteiger partial charge in [0, 0.05) is 62.8 Å². The number of rotatable bonds is 4. The van der Waals surface area contributed by atoms with Gasteiger partial charge in [-0.05, 0) is 17.6 Å². The van der Waals surface area contributed by atoms with Gasteiger partial charge in [-0.2, -0.15) is 0 Å². The van der Waals surface area contributed by atoms with Gasteiger partial charge in [-0.1, -0.05) is 27.4 Å². The number of furan rings is 1. The Balaban J connectivity index is 2.05. The smallest absolute Gasteiger partial charge is 0.303 e. The Morgan fingerprint density at radius 2 is 1.47 bits per heavy atom. The molecule has 0 aromatic carbocycles. The van der Waals surface area contributed by atoms with Crippen molar-refractivity contribution < 1.29 is 47.6 Å². The largest absolute Gasteiger partial charge is 0.469 e. The van der Waals surface area contributed by atoms with E-state index >= 15 is 0 Å². The monoisotopic (exact) mass is 532 g/mol. The van der Waals surface area contributed by atoms with Crippen molar-refractivity contribution in [2.45, 2.75) is 91.3 Å². The highest BCUT2D eigenvalue weighted by molar-refractivity contribution is 5.73. The van der Waals surface area contributed by atoms with Crippen molar-refractivity contribution in [1.82, 2.24) is 0 Å². The van der Waals surface area contributed by atoms with Crippen LogP contribution >= 0.6 is 0 Å². The zero-order valence-electron chi connectivity index (χ0n) is 22.9. The van der Waals surface area contributed by atoms with Gasteiger partial charge in [0.2, 0.25) is 0 Å². The molecule has 8 atom stereocenters. The molecule has 208 valence electrons. The zero-order valence-corrected chi connectivity index (χ0v) is 22.9. The minimum absolute atomic E-state index is 0.0940. The molecule has 4 rings (SSSR count). The van der Waals surface area contributed by atoms with E-state index in [2.05, 4.69) is 6.58 Å². The second-order valence-corrected chi connectivity index (χ2v) is 11.4. The Morgan fingerprint density at radius 1 is 0.921 bits per heavy atom. The van der Waals surface area contributed by atoms with Gasteiger partial charge >= 0.3 is 23.9 Å². The first-order valence-corrected chi connectivity index (χ1v) is 12.7. The SMILES string of the molecule is C=C1c2ccoc2C[C@H]2[C@H]1[C@H](OC(C)=O)[C@H](OC(C)=O)[C@@]1(O)C(C)(C)[C@@H](OC(C)=O)C[C@H](OC(C)=O)[C@]21C. The molecule has 0 amide bonds. The fraction of sp³-hybridized carbons (Fsp3) is 0.643. The molecular weight excluding hydrogens is 496 g/mol. The molecule has 1 heterocycles. The molecule has 0 aliphatic heterocycles. The Labute approximate surface area is 221 Å². The van der Waals surface area contributed by atoms with Crippen LogP contribution in [0.5, 0.6) is 0 Å². The Kier molecular flexibility index (Phi) is 6.79. The quantitative estimate of drug-likeness (QED) is 0.455. The predicted molar refractivity (Wildman–Crippen MR) is 132 cm³/mol. The number of hydrogen-bond acceptors (Lipinski definition) is 10. The molecule has 0 radical (unpaired) electrons. The summed E-state index contributed by atoms with van der Waals surface area (Å²) in [6.45, 7) is 14.5. The number of aliphatic hydroxyl groups is 1. The Bertz CT molecular complexity index is 1180. The number of carbonyl (C=O) groups excluding carboxylic acids is 4. The fourth-order valence-electron chi connectivity index (χ4n) is 7.51. The predicted octanol–water partition coefficient (Wildman–Crippen LogP) is 2.99. The first kappa shape index (κ1) is 27.9. The second kappa shape index (κ2) is 9.25. The lowest BCUT2D eigenvalue weighted by Gasteiger charge is -2.70. The maximum absolute atomic E-state index is 13.0. The van der Waals surface area contributed by atoms with Crippen LogP contribution in [-0.2, 0) is 44.5 Å². The van der Waals surface area contributed by atoms with E-state index in [-0.39, 0.29) is 6.42 Å². The van der Waals surface area contributed by atoms with Crippen molar-refractivity contribution in [3.63, 3.8) is 0 Å². The van der Waals surface area contributed by atoms with Crippen LogP contribution in [0.3, 0.4) is 0 Å². The van der Waals surface area contributed by atoms with Crippen molar-refractivity contribution in [2.24, 2.45) is 22.7 Å². The minimum Gasteiger partial charge on any atom is -0.469 e. The van der Waals surface area contributed by atoms with Gasteiger partial charge in [0.15, 0.2) is 6.10 Å². The summed E-state index contributed by atoms with van der Waals surface area (Å²) in [5.74, 6) is -3.02. The summed E-state index contributed by atoms with van der Waals surface area (Å²) in [5, 5.41) is 13.0. The summed E-state index contributed by atoms with van der Waals surface area (Å²) in [5.41, 5.74) is -3.24. The van der Waals surface area contributed by atoms with Crippen LogP contribution in [0, 0.1) is 22.7 Å². The molecular formula is C28H36O10. The summed E-state index contributed by atoms with van der Waals surface area (Å²) in [6.07, 6.45) is -2.50. The lowest BCUT2D eigenvalue weighted by Crippen LogP contribution is -2.82. The molecule has 3 aliphatic carbocycles. The van der Waals surface area contributed by atoms with E-state index in [1.165, 1.54) is 34.0 Å². The van der Waals surface area contributed by atoms with E-state index < -0.39 is 76.6 Å². The van der Waals surface area contributed by atoms with Crippen LogP contribution in [0.4, 0.5) is 0 Å². The highest BCUT2D eigenvalue weighted by atomic mass is 16.6. The summed E-state index contributed by atoms with van der Waals surface area (Å²) < 4.78 is 29.0. The van der Waals surface area contributed by atoms with Crippen molar-refractivity contribution in [3.8, 4) is 0 Å². The van der Waals surface area contributed by atoms with Crippen molar-refractivity contribution >= 4 is 29.5 Å². The number of hydrogen-bond donors (Lipinski definition) is 1. The summed E-state index contributed by atoms with van der Waals surface area (Å²) >= 11 is 0. The first-order chi connectivity index (χ1) is 17.6. The van der Waals surface area contributed by atoms with Crippen LogP contribution in [0.25, 0.3) is 5.57 Å². The topological polar surface area (TPSA) is 139 Å². The molecule has 0 bridgehead atoms. The van der Waals surface area contributed by atoms with Crippen molar-refractivity contribution in [3.05, 3.63) is 30.2 Å². The van der Waals surface area contributed by atoms with Gasteiger partial charge in [0.25, 0.3) is 0 Å². The molecule has 10 nitrogen and oxygen atoms in total. The van der Waals surface area contributed by atoms with Crippen LogP contribution in [0.2, 0.25) is 0 Å². The highest BCUT2D eigenvalue weighted by Gasteiger charge is 2.79. The number of fused-ring (bicyclic) bond motifs is 4. The second-order valence-electron chi connectivity index (χ2n) is 11.4. The molecule has 10 heteroatoms. The lowest BCUT2D eigenvalue weighted by molar-refractivity contribution is -0.349. The molecule has 2 saturated carbocycles. The maximum atomic E-state index is 13.0. The molecule has 38 heavy (non-hydrogen) atoms. The average molecular weight is 533 g/mol. The van der Waals surface area contributed by atoms with E-state index in [1.807, 2.05) is 0 Å². The van der Waals surface area contributed by atoms with Gasteiger partial charge in [-0.3, -0.25) is 19.2 Å². The molecule has 1 aromatic heterocycles. The number of ether oxygens (including phenoxy) is 4. The van der Waals surface area contributed by atoms with Crippen LogP contribution in [-0.4, -0.2) is 59.0 Å². The molecule has 0 spiro atoms. The highest BCUT2D eigenvalue weighted by Crippen LogP contribution is 2.68. The van der Waals surface area contributed by atoms with Gasteiger partial charge in [-0.15, -0.1) is 0 Å². The van der Waals surface area contributed by atoms with Crippen molar-refractivity contribution in [2.75, 3.05) is 0 Å². The van der Waals surface area contributed by atoms with Crippen LogP contribution < -0.4 is 0 Å². The third-order valence-corrected chi connectivity index (χ3v) is 9.08. The van der Waals surface area contributed by atoms with Gasteiger partial charge < -0.3 is 28.5 Å². The zero-order chi connectivity index (χ0) is 28.4. The first-order valence-electron chi connectivity index (χ1n) is 12.7. The summed E-state index contributed by atoms with van der Waals surface area (Å²) in [7, 11) is 0. The van der Waals surface area contributed by atoms with E-state index in [0.717, 1.165) is 5.56 Å². The van der Waals surface area contributed by atoms with E-state index in [9.17, 15) is 24.3 Å². The standard InChI is InChI=1S/C28H36O10/c1-13-18-9-10-34-20(18)11-19-23(13)24(37-16(4)31)25(38-17(5)32)28(33)26(6,7)21(35-14(2)29)12-22(27(19,28)8)36-15(3)30/h9-10,19,21-25,33H,1,11-12H2,2-8H3/t19-,21-,22-,23-,24-,25-,27-,28+/m0/s1. The number of esters is 4. The van der Waals surface area contributed by atoms with E-state index in [0.29, 0.717) is 17.8 Å². The fourth-order valence-corrected chi connectivity index (χ4v) is 7.51. The van der Waals surface area contributed by atoms with Crippen LogP contribution in [0.15, 0.2) is 23.3 Å². The van der Waals surface area contributed by atoms with Crippen molar-refractivity contribution in [1.29, 1.82) is 0 Å². The molecule has 1 aromatic rings. The van der Waals surface area contributed by atoms with Gasteiger partial charge in [0.05, 0.1) is 6.26 Å².